The van der Waals surface area contributed by atoms with Crippen molar-refractivity contribution in [1.82, 2.24) is 0 Å². The maximum Gasteiger partial charge on any atom is 0.380 e. The number of hydrogen-bond acceptors (Lipinski definition) is 2. The fourth-order valence-electron chi connectivity index (χ4n) is 8.13. The molecular formula is C45H26F6S2. The molecule has 0 N–H and O–H groups in total. The summed E-state index contributed by atoms with van der Waals surface area (Å²) in [5.41, 5.74) is 5.54. The lowest BCUT2D eigenvalue weighted by Crippen LogP contribution is -2.47. The molecule has 260 valence electrons. The third-order valence-corrected chi connectivity index (χ3v) is 13.6. The molecule has 8 heteroatoms. The molecule has 0 bridgehead atoms. The molecule has 1 saturated carbocycles. The normalized spacial score (nSPS) is 21.2. The van der Waals surface area contributed by atoms with Crippen LogP contribution in [0.25, 0.3) is 55.7 Å². The van der Waals surface area contributed by atoms with Crippen molar-refractivity contribution in [1.29, 1.82) is 0 Å². The van der Waals surface area contributed by atoms with E-state index < -0.39 is 39.4 Å². The van der Waals surface area contributed by atoms with Gasteiger partial charge in [-0.25, -0.2) is 0 Å². The first kappa shape index (κ1) is 32.7. The molecule has 53 heavy (non-hydrogen) atoms. The molecule has 0 spiro atoms. The maximum absolute atomic E-state index is 15.9. The summed E-state index contributed by atoms with van der Waals surface area (Å²) in [7, 11) is 0. The zero-order valence-electron chi connectivity index (χ0n) is 27.6. The summed E-state index contributed by atoms with van der Waals surface area (Å²) in [5, 5.41) is -1.54. The smallest absolute Gasteiger partial charge is 0.194 e. The highest BCUT2D eigenvalue weighted by Crippen LogP contribution is 2.72. The summed E-state index contributed by atoms with van der Waals surface area (Å²) in [6.07, 6.45) is 0. The fourth-order valence-corrected chi connectivity index (χ4v) is 11.3. The van der Waals surface area contributed by atoms with Crippen molar-refractivity contribution in [3.8, 4) is 44.5 Å². The van der Waals surface area contributed by atoms with Gasteiger partial charge in [0.05, 0.1) is 10.5 Å². The average molecular weight is 745 g/mol. The van der Waals surface area contributed by atoms with Crippen LogP contribution in [0.1, 0.15) is 11.1 Å². The van der Waals surface area contributed by atoms with Crippen molar-refractivity contribution < 1.29 is 26.3 Å². The molecule has 0 aromatic heterocycles. The largest absolute Gasteiger partial charge is 0.380 e. The van der Waals surface area contributed by atoms with Gasteiger partial charge in [0.2, 0.25) is 0 Å². The Morgan fingerprint density at radius 2 is 0.660 bits per heavy atom. The predicted octanol–water partition coefficient (Wildman–Crippen LogP) is 13.4. The van der Waals surface area contributed by atoms with Crippen LogP contribution in [0.5, 0.6) is 0 Å². The SMILES string of the molecule is FC1(F)C2=C3c4ccc(-c5ccc(-c6ccccc6)cc5)cc4S[C@H]3[C@@H]3Sc4cc(-c5ccc(-c6ccccc6)cc5)ccc4C3=C2C(F)(F)C1(F)F. The first-order valence-electron chi connectivity index (χ1n) is 17.1. The maximum atomic E-state index is 15.9. The van der Waals surface area contributed by atoms with Crippen molar-refractivity contribution in [2.75, 3.05) is 0 Å². The first-order chi connectivity index (χ1) is 25.5. The Hall–Kier alpha value is -4.92. The van der Waals surface area contributed by atoms with E-state index in [1.54, 1.807) is 24.3 Å². The van der Waals surface area contributed by atoms with Gasteiger partial charge >= 0.3 is 17.8 Å². The fraction of sp³-hybridized carbons (Fsp3) is 0.111. The van der Waals surface area contributed by atoms with Crippen LogP contribution < -0.4 is 0 Å². The third kappa shape index (κ3) is 4.67. The lowest BCUT2D eigenvalue weighted by atomic mass is 9.79. The van der Waals surface area contributed by atoms with E-state index >= 15 is 26.3 Å². The van der Waals surface area contributed by atoms with Gasteiger partial charge in [-0.3, -0.25) is 0 Å². The van der Waals surface area contributed by atoms with E-state index in [-0.39, 0.29) is 11.1 Å². The van der Waals surface area contributed by atoms with E-state index in [0.29, 0.717) is 20.9 Å². The molecule has 0 amide bonds. The number of halogens is 6. The van der Waals surface area contributed by atoms with Crippen LogP contribution in [-0.2, 0) is 0 Å². The molecule has 6 aromatic carbocycles. The molecule has 2 aliphatic carbocycles. The molecule has 2 heterocycles. The Morgan fingerprint density at radius 1 is 0.358 bits per heavy atom. The minimum atomic E-state index is -5.59. The van der Waals surface area contributed by atoms with E-state index in [2.05, 4.69) is 0 Å². The van der Waals surface area contributed by atoms with Gasteiger partial charge < -0.3 is 0 Å². The van der Waals surface area contributed by atoms with Crippen molar-refractivity contribution in [3.63, 3.8) is 0 Å². The Balaban J connectivity index is 1.06. The van der Waals surface area contributed by atoms with E-state index in [1.807, 2.05) is 121 Å². The predicted molar refractivity (Wildman–Crippen MR) is 203 cm³/mol. The number of allylic oxidation sites excluding steroid dienone is 2. The van der Waals surface area contributed by atoms with Gasteiger partial charge in [0.1, 0.15) is 0 Å². The Labute approximate surface area is 310 Å². The number of hydrogen-bond donors (Lipinski definition) is 0. The highest BCUT2D eigenvalue weighted by Gasteiger charge is 2.83. The van der Waals surface area contributed by atoms with Gasteiger partial charge in [0, 0.05) is 20.9 Å². The molecule has 2 aliphatic heterocycles. The number of thioether (sulfide) groups is 2. The molecule has 0 unspecified atom stereocenters. The molecule has 2 atom stereocenters. The standard InChI is InChI=1S/C45H26F6S2/c46-43(47)39-37-33-21-19-31(29-15-11-27(12-16-29)25-7-3-1-4-8-25)23-35(33)52-41(37)42-38(40(39)44(48,49)45(43,50)51)34-22-20-32(24-36(34)53-42)30-17-13-28(14-18-30)26-9-5-2-6-10-26/h1-24,41-42H/t41-,42-/m1/s1. The summed E-state index contributed by atoms with van der Waals surface area (Å²) in [4.78, 5) is 1.21. The highest BCUT2D eigenvalue weighted by molar-refractivity contribution is 8.05. The van der Waals surface area contributed by atoms with E-state index in [0.717, 1.165) is 44.5 Å². The van der Waals surface area contributed by atoms with Crippen molar-refractivity contribution >= 4 is 34.7 Å². The van der Waals surface area contributed by atoms with Crippen molar-refractivity contribution in [2.45, 2.75) is 38.1 Å². The summed E-state index contributed by atoms with van der Waals surface area (Å²) in [5.74, 6) is -15.7. The second kappa shape index (κ2) is 11.5. The van der Waals surface area contributed by atoms with Gasteiger partial charge in [-0.1, -0.05) is 133 Å². The second-order valence-corrected chi connectivity index (χ2v) is 16.1. The second-order valence-electron chi connectivity index (χ2n) is 13.7. The van der Waals surface area contributed by atoms with Crippen LogP contribution in [0, 0.1) is 0 Å². The van der Waals surface area contributed by atoms with E-state index in [1.165, 1.54) is 23.5 Å². The van der Waals surface area contributed by atoms with Gasteiger partial charge in [-0.05, 0) is 78.9 Å². The van der Waals surface area contributed by atoms with Crippen LogP contribution in [-0.4, -0.2) is 28.3 Å². The molecule has 0 nitrogen and oxygen atoms in total. The van der Waals surface area contributed by atoms with Crippen LogP contribution >= 0.6 is 23.5 Å². The molecular weight excluding hydrogens is 719 g/mol. The molecule has 0 saturated heterocycles. The monoisotopic (exact) mass is 744 g/mol. The number of benzene rings is 6. The molecule has 0 radical (unpaired) electrons. The van der Waals surface area contributed by atoms with Gasteiger partial charge in [-0.2, -0.15) is 26.3 Å². The molecule has 4 aliphatic rings. The Morgan fingerprint density at radius 3 is 1.02 bits per heavy atom. The van der Waals surface area contributed by atoms with Crippen molar-refractivity contribution in [3.05, 3.63) is 168 Å². The van der Waals surface area contributed by atoms with Gasteiger partial charge in [0.25, 0.3) is 0 Å². The molecule has 10 rings (SSSR count). The van der Waals surface area contributed by atoms with Gasteiger partial charge in [-0.15, -0.1) is 23.5 Å². The number of alkyl halides is 6. The van der Waals surface area contributed by atoms with E-state index in [9.17, 15) is 0 Å². The Kier molecular flexibility index (Phi) is 7.12. The minimum Gasteiger partial charge on any atom is -0.194 e. The van der Waals surface area contributed by atoms with Crippen molar-refractivity contribution in [2.24, 2.45) is 0 Å². The van der Waals surface area contributed by atoms with Crippen LogP contribution in [0.3, 0.4) is 0 Å². The summed E-state index contributed by atoms with van der Waals surface area (Å²) >= 11 is 2.58. The molecule has 6 aromatic rings. The minimum absolute atomic E-state index is 0.112. The quantitative estimate of drug-likeness (QED) is 0.165. The third-order valence-electron chi connectivity index (χ3n) is 10.8. The number of fused-ring (bicyclic) bond motifs is 8. The van der Waals surface area contributed by atoms with E-state index in [4.69, 9.17) is 0 Å². The average Bonchev–Trinajstić information content (AvgIpc) is 3.78. The van der Waals surface area contributed by atoms with Gasteiger partial charge in [0.15, 0.2) is 0 Å². The lowest BCUT2D eigenvalue weighted by molar-refractivity contribution is -0.257. The summed E-state index contributed by atoms with van der Waals surface area (Å²) in [6.45, 7) is 0. The topological polar surface area (TPSA) is 0 Å². The Bertz CT molecular complexity index is 2340. The highest BCUT2D eigenvalue weighted by atomic mass is 32.2. The van der Waals surface area contributed by atoms with Crippen LogP contribution in [0.4, 0.5) is 26.3 Å². The van der Waals surface area contributed by atoms with Crippen LogP contribution in [0.2, 0.25) is 0 Å². The lowest BCUT2D eigenvalue weighted by Gasteiger charge is -2.30. The number of rotatable bonds is 4. The van der Waals surface area contributed by atoms with Crippen LogP contribution in [0.15, 0.2) is 167 Å². The first-order valence-corrected chi connectivity index (χ1v) is 18.9. The summed E-state index contributed by atoms with van der Waals surface area (Å²) < 4.78 is 94.5. The molecule has 1 fully saturated rings. The summed E-state index contributed by atoms with van der Waals surface area (Å²) in [6, 6.07) is 46.2. The zero-order valence-corrected chi connectivity index (χ0v) is 29.2. The zero-order chi connectivity index (χ0) is 36.3.